The van der Waals surface area contributed by atoms with Crippen molar-refractivity contribution in [2.45, 2.75) is 27.3 Å². The summed E-state index contributed by atoms with van der Waals surface area (Å²) in [7, 11) is 1.65. The summed E-state index contributed by atoms with van der Waals surface area (Å²) < 4.78 is 0. The number of guanidine groups is 1. The highest BCUT2D eigenvalue weighted by molar-refractivity contribution is 5.94. The smallest absolute Gasteiger partial charge is 0.227 e. The fourth-order valence-corrected chi connectivity index (χ4v) is 2.39. The Hall–Kier alpha value is -2.82. The molecule has 2 aromatic carbocycles. The fraction of sp³-hybridized carbons (Fsp3) is 0.333. The second kappa shape index (κ2) is 9.04. The Kier molecular flexibility index (Phi) is 6.78. The maximum absolute atomic E-state index is 12.0. The molecule has 5 nitrogen and oxygen atoms in total. The van der Waals surface area contributed by atoms with Crippen molar-refractivity contribution in [1.29, 1.82) is 0 Å². The molecule has 0 heterocycles. The van der Waals surface area contributed by atoms with E-state index in [1.165, 1.54) is 5.56 Å². The minimum Gasteiger partial charge on any atom is -0.359 e. The van der Waals surface area contributed by atoms with Crippen LogP contribution in [-0.2, 0) is 11.3 Å². The molecular weight excluding hydrogens is 324 g/mol. The number of carbonyl (C=O) groups excluding carboxylic acids is 1. The molecule has 0 unspecified atom stereocenters. The van der Waals surface area contributed by atoms with Gasteiger partial charge in [-0.2, -0.15) is 0 Å². The van der Waals surface area contributed by atoms with Crippen molar-refractivity contribution >= 4 is 17.6 Å². The lowest BCUT2D eigenvalue weighted by atomic mass is 9.92. The Morgan fingerprint density at radius 3 is 2.31 bits per heavy atom. The van der Waals surface area contributed by atoms with Gasteiger partial charge in [0.15, 0.2) is 5.96 Å². The maximum atomic E-state index is 12.0. The van der Waals surface area contributed by atoms with Crippen LogP contribution >= 0.6 is 0 Å². The van der Waals surface area contributed by atoms with Crippen LogP contribution in [0.1, 0.15) is 25.0 Å². The lowest BCUT2D eigenvalue weighted by Crippen LogP contribution is -2.45. The summed E-state index contributed by atoms with van der Waals surface area (Å²) in [5, 5.41) is 9.28. The molecule has 0 aliphatic heterocycles. The maximum Gasteiger partial charge on any atom is 0.227 e. The Balaban J connectivity index is 2.11. The monoisotopic (exact) mass is 352 g/mol. The number of anilines is 1. The van der Waals surface area contributed by atoms with E-state index in [0.717, 1.165) is 11.3 Å². The summed E-state index contributed by atoms with van der Waals surface area (Å²) in [6.07, 6.45) is 0. The predicted octanol–water partition coefficient (Wildman–Crippen LogP) is 3.32. The number of nitrogens with one attached hydrogen (secondary N) is 3. The third kappa shape index (κ3) is 5.92. The number of nitrogens with zero attached hydrogens (tertiary/aromatic N) is 1. The summed E-state index contributed by atoms with van der Waals surface area (Å²) >= 11 is 0. The average molecular weight is 352 g/mol. The number of hydrogen-bond acceptors (Lipinski definition) is 2. The van der Waals surface area contributed by atoms with Gasteiger partial charge in [0.1, 0.15) is 0 Å². The van der Waals surface area contributed by atoms with Crippen molar-refractivity contribution < 1.29 is 4.79 Å². The number of carbonyl (C=O) groups is 1. The summed E-state index contributed by atoms with van der Waals surface area (Å²) in [5.41, 5.74) is 2.76. The molecule has 0 bridgehead atoms. The van der Waals surface area contributed by atoms with Gasteiger partial charge in [-0.25, -0.2) is 4.99 Å². The van der Waals surface area contributed by atoms with Crippen LogP contribution < -0.4 is 16.0 Å². The lowest BCUT2D eigenvalue weighted by molar-refractivity contribution is -0.128. The van der Waals surface area contributed by atoms with Crippen molar-refractivity contribution in [3.63, 3.8) is 0 Å². The standard InChI is InChI=1S/C21H28N4O/c1-16-10-12-17(13-11-16)14-23-20(25-18-8-6-5-7-9-18)24-15-21(2,3)19(26)22-4/h5-13H,14-15H2,1-4H3,(H,22,26)(H2,23,24,25). The molecule has 2 rings (SSSR count). The molecule has 0 radical (unpaired) electrons. The number of aryl methyl sites for hydroxylation is 1. The first-order valence-corrected chi connectivity index (χ1v) is 8.79. The fourth-order valence-electron chi connectivity index (χ4n) is 2.39. The largest absolute Gasteiger partial charge is 0.359 e. The second-order valence-electron chi connectivity index (χ2n) is 6.96. The number of rotatable bonds is 6. The summed E-state index contributed by atoms with van der Waals surface area (Å²) in [6.45, 7) is 6.90. The predicted molar refractivity (Wildman–Crippen MR) is 108 cm³/mol. The summed E-state index contributed by atoms with van der Waals surface area (Å²) in [6, 6.07) is 18.2. The van der Waals surface area contributed by atoms with E-state index < -0.39 is 5.41 Å². The molecule has 0 spiro atoms. The van der Waals surface area contributed by atoms with Crippen molar-refractivity contribution in [2.75, 3.05) is 18.9 Å². The molecule has 0 atom stereocenters. The van der Waals surface area contributed by atoms with E-state index >= 15 is 0 Å². The molecule has 5 heteroatoms. The van der Waals surface area contributed by atoms with Crippen LogP contribution in [-0.4, -0.2) is 25.5 Å². The summed E-state index contributed by atoms with van der Waals surface area (Å²) in [4.78, 5) is 16.7. The number of hydrogen-bond donors (Lipinski definition) is 3. The van der Waals surface area contributed by atoms with Crippen LogP contribution in [0.4, 0.5) is 5.69 Å². The van der Waals surface area contributed by atoms with E-state index in [2.05, 4.69) is 52.1 Å². The zero-order valence-electron chi connectivity index (χ0n) is 16.0. The molecule has 0 aliphatic carbocycles. The van der Waals surface area contributed by atoms with Gasteiger partial charge in [-0.05, 0) is 38.5 Å². The summed E-state index contributed by atoms with van der Waals surface area (Å²) in [5.74, 6) is 0.636. The van der Waals surface area contributed by atoms with E-state index in [0.29, 0.717) is 19.0 Å². The molecule has 1 amide bonds. The molecule has 138 valence electrons. The van der Waals surface area contributed by atoms with E-state index in [-0.39, 0.29) is 5.91 Å². The Labute approximate surface area is 155 Å². The zero-order valence-corrected chi connectivity index (χ0v) is 16.0. The van der Waals surface area contributed by atoms with Crippen LogP contribution in [0.25, 0.3) is 0 Å². The van der Waals surface area contributed by atoms with E-state index in [1.54, 1.807) is 7.05 Å². The average Bonchev–Trinajstić information content (AvgIpc) is 2.65. The van der Waals surface area contributed by atoms with Gasteiger partial charge in [0, 0.05) is 19.3 Å². The van der Waals surface area contributed by atoms with Gasteiger partial charge in [0.05, 0.1) is 12.0 Å². The molecule has 3 N–H and O–H groups in total. The van der Waals surface area contributed by atoms with Crippen molar-refractivity contribution in [2.24, 2.45) is 10.4 Å². The van der Waals surface area contributed by atoms with Crippen molar-refractivity contribution in [3.05, 3.63) is 65.7 Å². The van der Waals surface area contributed by atoms with Gasteiger partial charge in [0.2, 0.25) is 5.91 Å². The van der Waals surface area contributed by atoms with Gasteiger partial charge in [0.25, 0.3) is 0 Å². The molecule has 2 aromatic rings. The zero-order chi connectivity index (χ0) is 19.0. The first kappa shape index (κ1) is 19.5. The first-order chi connectivity index (χ1) is 12.4. The van der Waals surface area contributed by atoms with Gasteiger partial charge in [-0.3, -0.25) is 4.79 Å². The third-order valence-corrected chi connectivity index (χ3v) is 4.12. The van der Waals surface area contributed by atoms with E-state index in [9.17, 15) is 4.79 Å². The second-order valence-corrected chi connectivity index (χ2v) is 6.96. The Morgan fingerprint density at radius 1 is 1.04 bits per heavy atom. The van der Waals surface area contributed by atoms with Crippen LogP contribution in [0.3, 0.4) is 0 Å². The number of benzene rings is 2. The van der Waals surface area contributed by atoms with Gasteiger partial charge in [-0.15, -0.1) is 0 Å². The van der Waals surface area contributed by atoms with Crippen LogP contribution in [0.2, 0.25) is 0 Å². The minimum absolute atomic E-state index is 0.0115. The molecular formula is C21H28N4O. The minimum atomic E-state index is -0.544. The number of aliphatic imine (C=N–C) groups is 1. The van der Waals surface area contributed by atoms with Gasteiger partial charge < -0.3 is 16.0 Å². The first-order valence-electron chi connectivity index (χ1n) is 8.79. The molecule has 0 saturated heterocycles. The Morgan fingerprint density at radius 2 is 1.69 bits per heavy atom. The lowest BCUT2D eigenvalue weighted by Gasteiger charge is -2.24. The third-order valence-electron chi connectivity index (χ3n) is 4.12. The quantitative estimate of drug-likeness (QED) is 0.552. The highest BCUT2D eigenvalue weighted by Crippen LogP contribution is 2.14. The molecule has 0 saturated carbocycles. The topological polar surface area (TPSA) is 65.5 Å². The van der Waals surface area contributed by atoms with Gasteiger partial charge in [-0.1, -0.05) is 48.0 Å². The highest BCUT2D eigenvalue weighted by atomic mass is 16.2. The van der Waals surface area contributed by atoms with Crippen LogP contribution in [0.15, 0.2) is 59.6 Å². The molecule has 0 aromatic heterocycles. The van der Waals surface area contributed by atoms with Crippen molar-refractivity contribution in [3.8, 4) is 0 Å². The van der Waals surface area contributed by atoms with Crippen LogP contribution in [0.5, 0.6) is 0 Å². The van der Waals surface area contributed by atoms with E-state index in [1.807, 2.05) is 44.2 Å². The number of para-hydroxylation sites is 1. The number of amides is 1. The van der Waals surface area contributed by atoms with Gasteiger partial charge >= 0.3 is 0 Å². The Bertz CT molecular complexity index is 736. The molecule has 0 fully saturated rings. The SMILES string of the molecule is CNC(=O)C(C)(C)CNC(=NCc1ccc(C)cc1)Nc1ccccc1. The normalized spacial score (nSPS) is 11.8. The highest BCUT2D eigenvalue weighted by Gasteiger charge is 2.26. The molecule has 0 aliphatic rings. The van der Waals surface area contributed by atoms with E-state index in [4.69, 9.17) is 0 Å². The molecule has 26 heavy (non-hydrogen) atoms. The van der Waals surface area contributed by atoms with Crippen molar-refractivity contribution in [1.82, 2.24) is 10.6 Å². The van der Waals surface area contributed by atoms with Crippen LogP contribution in [0, 0.1) is 12.3 Å².